The van der Waals surface area contributed by atoms with E-state index in [9.17, 15) is 14.7 Å². The van der Waals surface area contributed by atoms with Gasteiger partial charge in [0, 0.05) is 36.1 Å². The van der Waals surface area contributed by atoms with E-state index >= 15 is 0 Å². The van der Waals surface area contributed by atoms with Crippen molar-refractivity contribution in [3.05, 3.63) is 94.5 Å². The van der Waals surface area contributed by atoms with Gasteiger partial charge in [0.1, 0.15) is 5.76 Å². The van der Waals surface area contributed by atoms with Crippen LogP contribution in [0.1, 0.15) is 29.2 Å². The van der Waals surface area contributed by atoms with Crippen molar-refractivity contribution in [2.45, 2.75) is 25.9 Å². The number of rotatable bonds is 6. The summed E-state index contributed by atoms with van der Waals surface area (Å²) in [5.74, 6) is -1.48. The van der Waals surface area contributed by atoms with Crippen LogP contribution in [0.4, 0.5) is 0 Å². The van der Waals surface area contributed by atoms with Gasteiger partial charge in [0.25, 0.3) is 11.7 Å². The first-order valence-corrected chi connectivity index (χ1v) is 10.4. The van der Waals surface area contributed by atoms with Crippen LogP contribution in [0.25, 0.3) is 5.76 Å². The van der Waals surface area contributed by atoms with Crippen LogP contribution in [0.15, 0.2) is 72.8 Å². The molecule has 1 fully saturated rings. The highest BCUT2D eigenvalue weighted by molar-refractivity contribution is 6.46. The molecule has 0 saturated carbocycles. The van der Waals surface area contributed by atoms with E-state index in [4.69, 9.17) is 11.6 Å². The van der Waals surface area contributed by atoms with Gasteiger partial charge in [-0.15, -0.1) is 0 Å². The summed E-state index contributed by atoms with van der Waals surface area (Å²) < 4.78 is 1.92. The van der Waals surface area contributed by atoms with Crippen LogP contribution in [0.5, 0.6) is 0 Å². The molecule has 1 aromatic heterocycles. The van der Waals surface area contributed by atoms with Gasteiger partial charge in [0.05, 0.1) is 17.9 Å². The lowest BCUT2D eigenvalue weighted by molar-refractivity contribution is -0.139. The SMILES string of the molecule is Cc1ccc([C@H]2/C(=C(\O)c3ccc(Cl)cc3)C(=O)C(=O)N2CCCn2ccnc2)cc1. The molecule has 4 rings (SSSR count). The van der Waals surface area contributed by atoms with Crippen molar-refractivity contribution in [3.63, 3.8) is 0 Å². The van der Waals surface area contributed by atoms with Gasteiger partial charge in [0.2, 0.25) is 0 Å². The molecule has 0 bridgehead atoms. The van der Waals surface area contributed by atoms with E-state index in [-0.39, 0.29) is 11.3 Å². The maximum absolute atomic E-state index is 13.0. The van der Waals surface area contributed by atoms with Crippen LogP contribution in [-0.4, -0.2) is 37.8 Å². The number of aliphatic hydroxyl groups excluding tert-OH is 1. The summed E-state index contributed by atoms with van der Waals surface area (Å²) in [6.45, 7) is 3.01. The first-order valence-electron chi connectivity index (χ1n) is 10.0. The van der Waals surface area contributed by atoms with Crippen LogP contribution in [-0.2, 0) is 16.1 Å². The Hall–Kier alpha value is -3.38. The summed E-state index contributed by atoms with van der Waals surface area (Å²) in [6, 6.07) is 13.5. The largest absolute Gasteiger partial charge is 0.507 e. The molecule has 3 aromatic rings. The zero-order valence-electron chi connectivity index (χ0n) is 17.0. The van der Waals surface area contributed by atoms with E-state index in [2.05, 4.69) is 4.98 Å². The molecule has 0 aliphatic carbocycles. The van der Waals surface area contributed by atoms with E-state index < -0.39 is 17.7 Å². The van der Waals surface area contributed by atoms with Crippen molar-refractivity contribution < 1.29 is 14.7 Å². The lowest BCUT2D eigenvalue weighted by Gasteiger charge is -2.25. The number of carbonyl (C=O) groups excluding carboxylic acids is 2. The normalized spacial score (nSPS) is 18.0. The molecule has 0 spiro atoms. The van der Waals surface area contributed by atoms with Gasteiger partial charge in [-0.05, 0) is 43.2 Å². The number of amides is 1. The number of hydrogen-bond donors (Lipinski definition) is 1. The number of aryl methyl sites for hydroxylation is 2. The predicted molar refractivity (Wildman–Crippen MR) is 118 cm³/mol. The zero-order chi connectivity index (χ0) is 22.0. The quantitative estimate of drug-likeness (QED) is 0.354. The Balaban J connectivity index is 1.72. The molecule has 2 heterocycles. The van der Waals surface area contributed by atoms with Gasteiger partial charge in [-0.3, -0.25) is 9.59 Å². The Kier molecular flexibility index (Phi) is 5.91. The molecular weight excluding hydrogens is 414 g/mol. The third kappa shape index (κ3) is 4.25. The smallest absolute Gasteiger partial charge is 0.295 e. The minimum absolute atomic E-state index is 0.0961. The number of aliphatic hydroxyl groups is 1. The Bertz CT molecular complexity index is 1120. The molecule has 1 atom stereocenters. The molecular formula is C24H22ClN3O3. The summed E-state index contributed by atoms with van der Waals surface area (Å²) in [5.41, 5.74) is 2.39. The first-order chi connectivity index (χ1) is 15.0. The molecule has 1 N–H and O–H groups in total. The summed E-state index contributed by atoms with van der Waals surface area (Å²) in [7, 11) is 0. The van der Waals surface area contributed by atoms with Gasteiger partial charge in [-0.25, -0.2) is 4.98 Å². The molecule has 1 aliphatic rings. The fourth-order valence-electron chi connectivity index (χ4n) is 3.81. The van der Waals surface area contributed by atoms with Crippen LogP contribution in [0.3, 0.4) is 0 Å². The summed E-state index contributed by atoms with van der Waals surface area (Å²) in [4.78, 5) is 31.5. The fourth-order valence-corrected chi connectivity index (χ4v) is 3.94. The molecule has 0 unspecified atom stereocenters. The monoisotopic (exact) mass is 435 g/mol. The van der Waals surface area contributed by atoms with Gasteiger partial charge in [-0.1, -0.05) is 41.4 Å². The third-order valence-corrected chi connectivity index (χ3v) is 5.68. The number of halogens is 1. The van der Waals surface area contributed by atoms with E-state index in [1.807, 2.05) is 42.0 Å². The number of nitrogens with zero attached hydrogens (tertiary/aromatic N) is 3. The van der Waals surface area contributed by atoms with Crippen molar-refractivity contribution in [3.8, 4) is 0 Å². The highest BCUT2D eigenvalue weighted by atomic mass is 35.5. The lowest BCUT2D eigenvalue weighted by Crippen LogP contribution is -2.31. The molecule has 6 nitrogen and oxygen atoms in total. The number of aromatic nitrogens is 2. The highest BCUT2D eigenvalue weighted by Crippen LogP contribution is 2.39. The van der Waals surface area contributed by atoms with E-state index in [0.717, 1.165) is 11.1 Å². The summed E-state index contributed by atoms with van der Waals surface area (Å²) in [6.07, 6.45) is 5.91. The van der Waals surface area contributed by atoms with Crippen molar-refractivity contribution in [2.75, 3.05) is 6.54 Å². The van der Waals surface area contributed by atoms with Crippen molar-refractivity contribution in [2.24, 2.45) is 0 Å². The second-order valence-corrected chi connectivity index (χ2v) is 8.00. The van der Waals surface area contributed by atoms with E-state index in [0.29, 0.717) is 30.1 Å². The molecule has 1 amide bonds. The Morgan fingerprint density at radius 3 is 2.42 bits per heavy atom. The van der Waals surface area contributed by atoms with Gasteiger partial charge < -0.3 is 14.6 Å². The second kappa shape index (κ2) is 8.78. The summed E-state index contributed by atoms with van der Waals surface area (Å²) in [5, 5.41) is 11.5. The lowest BCUT2D eigenvalue weighted by atomic mass is 9.94. The molecule has 0 radical (unpaired) electrons. The molecule has 31 heavy (non-hydrogen) atoms. The van der Waals surface area contributed by atoms with Gasteiger partial charge >= 0.3 is 0 Å². The van der Waals surface area contributed by atoms with Crippen molar-refractivity contribution in [1.29, 1.82) is 0 Å². The maximum Gasteiger partial charge on any atom is 0.295 e. The minimum Gasteiger partial charge on any atom is -0.507 e. The van der Waals surface area contributed by atoms with Crippen LogP contribution in [0.2, 0.25) is 5.02 Å². The fraction of sp³-hybridized carbons (Fsp3) is 0.208. The number of carbonyl (C=O) groups is 2. The average molecular weight is 436 g/mol. The first kappa shape index (κ1) is 20.9. The average Bonchev–Trinajstić information content (AvgIpc) is 3.37. The number of Topliss-reactive ketones (excluding diaryl/α,β-unsaturated/α-hetero) is 1. The molecule has 1 aliphatic heterocycles. The number of benzene rings is 2. The summed E-state index contributed by atoms with van der Waals surface area (Å²) >= 11 is 5.96. The second-order valence-electron chi connectivity index (χ2n) is 7.56. The zero-order valence-corrected chi connectivity index (χ0v) is 17.8. The van der Waals surface area contributed by atoms with Crippen molar-refractivity contribution >= 4 is 29.1 Å². The molecule has 1 saturated heterocycles. The number of ketones is 1. The Morgan fingerprint density at radius 1 is 1.06 bits per heavy atom. The number of likely N-dealkylation sites (tertiary alicyclic amines) is 1. The Morgan fingerprint density at radius 2 is 1.77 bits per heavy atom. The van der Waals surface area contributed by atoms with Crippen LogP contribution < -0.4 is 0 Å². The standard InChI is InChI=1S/C24H22ClN3O3/c1-16-3-5-17(6-4-16)21-20(22(29)18-7-9-19(25)10-8-18)23(30)24(31)28(21)13-2-12-27-14-11-26-15-27/h3-11,14-15,21,29H,2,12-13H2,1H3/b22-20+/t21-/m0/s1. The van der Waals surface area contributed by atoms with Crippen molar-refractivity contribution in [1.82, 2.24) is 14.5 Å². The van der Waals surface area contributed by atoms with E-state index in [1.54, 1.807) is 41.7 Å². The minimum atomic E-state index is -0.680. The highest BCUT2D eigenvalue weighted by Gasteiger charge is 2.45. The molecule has 2 aromatic carbocycles. The molecule has 7 heteroatoms. The van der Waals surface area contributed by atoms with E-state index in [1.165, 1.54) is 0 Å². The van der Waals surface area contributed by atoms with Crippen LogP contribution >= 0.6 is 11.6 Å². The van der Waals surface area contributed by atoms with Crippen LogP contribution in [0, 0.1) is 6.92 Å². The maximum atomic E-state index is 13.0. The molecule has 158 valence electrons. The third-order valence-electron chi connectivity index (χ3n) is 5.43. The topological polar surface area (TPSA) is 75.4 Å². The van der Waals surface area contributed by atoms with Gasteiger partial charge in [-0.2, -0.15) is 0 Å². The Labute approximate surface area is 185 Å². The predicted octanol–water partition coefficient (Wildman–Crippen LogP) is 4.36. The van der Waals surface area contributed by atoms with Gasteiger partial charge in [0.15, 0.2) is 0 Å². The number of hydrogen-bond acceptors (Lipinski definition) is 4. The number of imidazole rings is 1.